The first-order chi connectivity index (χ1) is 7.93. The highest BCUT2D eigenvalue weighted by atomic mass is 16.5. The van der Waals surface area contributed by atoms with Crippen LogP contribution in [0.15, 0.2) is 0 Å². The Kier molecular flexibility index (Phi) is 4.89. The number of amides is 1. The zero-order chi connectivity index (χ0) is 13.0. The molecule has 0 aromatic carbocycles. The van der Waals surface area contributed by atoms with Crippen molar-refractivity contribution in [3.63, 3.8) is 0 Å². The monoisotopic (exact) mass is 244 g/mol. The molecule has 1 aliphatic heterocycles. The third-order valence-electron chi connectivity index (χ3n) is 3.17. The summed E-state index contributed by atoms with van der Waals surface area (Å²) in [5.41, 5.74) is 5.68. The van der Waals surface area contributed by atoms with E-state index >= 15 is 0 Å². The predicted molar refractivity (Wildman–Crippen MR) is 61.4 cm³/mol. The molecular weight excluding hydrogens is 224 g/mol. The van der Waals surface area contributed by atoms with Gasteiger partial charge in [-0.15, -0.1) is 0 Å². The van der Waals surface area contributed by atoms with E-state index in [-0.39, 0.29) is 30.9 Å². The van der Waals surface area contributed by atoms with Gasteiger partial charge in [-0.1, -0.05) is 0 Å². The number of aliphatic carboxylic acids is 1. The van der Waals surface area contributed by atoms with Crippen molar-refractivity contribution in [3.05, 3.63) is 0 Å². The minimum absolute atomic E-state index is 0.00984. The van der Waals surface area contributed by atoms with Gasteiger partial charge in [-0.05, 0) is 19.8 Å². The highest BCUT2D eigenvalue weighted by molar-refractivity contribution is 5.82. The van der Waals surface area contributed by atoms with Gasteiger partial charge < -0.3 is 20.5 Å². The summed E-state index contributed by atoms with van der Waals surface area (Å²) < 4.78 is 5.39. The van der Waals surface area contributed by atoms with Crippen molar-refractivity contribution in [3.8, 4) is 0 Å². The van der Waals surface area contributed by atoms with Crippen molar-refractivity contribution < 1.29 is 19.4 Å². The highest BCUT2D eigenvalue weighted by Gasteiger charge is 2.32. The number of nitrogens with zero attached hydrogens (tertiary/aromatic N) is 1. The third kappa shape index (κ3) is 3.67. The van der Waals surface area contributed by atoms with Crippen molar-refractivity contribution in [2.75, 3.05) is 13.7 Å². The van der Waals surface area contributed by atoms with E-state index in [4.69, 9.17) is 15.6 Å². The molecule has 1 aliphatic rings. The molecule has 98 valence electrons. The summed E-state index contributed by atoms with van der Waals surface area (Å²) in [6.45, 7) is 2.57. The zero-order valence-corrected chi connectivity index (χ0v) is 10.3. The predicted octanol–water partition coefficient (Wildman–Crippen LogP) is -0.186. The molecule has 0 bridgehead atoms. The average Bonchev–Trinajstić information content (AvgIpc) is 2.70. The van der Waals surface area contributed by atoms with Gasteiger partial charge in [-0.3, -0.25) is 9.59 Å². The molecule has 1 heterocycles. The topological polar surface area (TPSA) is 92.9 Å². The molecular formula is C11H20N2O4. The second kappa shape index (κ2) is 5.97. The number of hydrogen-bond acceptors (Lipinski definition) is 4. The van der Waals surface area contributed by atoms with Crippen LogP contribution in [0.25, 0.3) is 0 Å². The summed E-state index contributed by atoms with van der Waals surface area (Å²) in [6.07, 6.45) is 0.892. The number of carbonyl (C=O) groups excluding carboxylic acids is 1. The molecule has 0 aromatic rings. The first-order valence-corrected chi connectivity index (χ1v) is 5.79. The first-order valence-electron chi connectivity index (χ1n) is 5.79. The number of ether oxygens (including phenoxy) is 1. The molecule has 3 atom stereocenters. The van der Waals surface area contributed by atoms with Gasteiger partial charge in [0, 0.05) is 20.1 Å². The minimum atomic E-state index is -0.937. The van der Waals surface area contributed by atoms with Gasteiger partial charge in [0.25, 0.3) is 0 Å². The van der Waals surface area contributed by atoms with Crippen LogP contribution >= 0.6 is 0 Å². The van der Waals surface area contributed by atoms with Crippen molar-refractivity contribution in [1.82, 2.24) is 4.90 Å². The number of likely N-dealkylation sites (N-methyl/N-ethyl adjacent to an activating group) is 1. The fourth-order valence-corrected chi connectivity index (χ4v) is 2.06. The van der Waals surface area contributed by atoms with Gasteiger partial charge in [-0.2, -0.15) is 0 Å². The molecule has 3 N–H and O–H groups in total. The fourth-order valence-electron chi connectivity index (χ4n) is 2.06. The van der Waals surface area contributed by atoms with Crippen LogP contribution in [-0.2, 0) is 14.3 Å². The van der Waals surface area contributed by atoms with E-state index in [1.165, 1.54) is 0 Å². The number of rotatable bonds is 5. The first kappa shape index (κ1) is 13.9. The molecule has 0 aromatic heterocycles. The van der Waals surface area contributed by atoms with E-state index in [2.05, 4.69) is 0 Å². The number of nitrogens with two attached hydrogens (primary N) is 1. The van der Waals surface area contributed by atoms with Gasteiger partial charge in [-0.25, -0.2) is 0 Å². The second-order valence-corrected chi connectivity index (χ2v) is 4.42. The van der Waals surface area contributed by atoms with E-state index in [1.54, 1.807) is 11.9 Å². The Morgan fingerprint density at radius 1 is 1.59 bits per heavy atom. The van der Waals surface area contributed by atoms with Gasteiger partial charge >= 0.3 is 5.97 Å². The molecule has 1 amide bonds. The molecule has 0 spiro atoms. The lowest BCUT2D eigenvalue weighted by Crippen LogP contribution is -2.48. The molecule has 0 radical (unpaired) electrons. The van der Waals surface area contributed by atoms with Gasteiger partial charge in [0.2, 0.25) is 5.91 Å². The Hall–Kier alpha value is -1.14. The summed E-state index contributed by atoms with van der Waals surface area (Å²) in [6, 6.07) is -0.706. The molecule has 17 heavy (non-hydrogen) atoms. The molecule has 1 fully saturated rings. The summed E-state index contributed by atoms with van der Waals surface area (Å²) in [5.74, 6) is -1.15. The maximum Gasteiger partial charge on any atom is 0.303 e. The Balaban J connectivity index is 2.47. The maximum absolute atomic E-state index is 11.9. The lowest BCUT2D eigenvalue weighted by Gasteiger charge is -2.29. The van der Waals surface area contributed by atoms with E-state index in [0.29, 0.717) is 6.61 Å². The van der Waals surface area contributed by atoms with Crippen LogP contribution in [0.2, 0.25) is 0 Å². The maximum atomic E-state index is 11.9. The number of carbonyl (C=O) groups is 2. The van der Waals surface area contributed by atoms with Crippen LogP contribution in [0.1, 0.15) is 26.2 Å². The smallest absolute Gasteiger partial charge is 0.303 e. The summed E-state index contributed by atoms with van der Waals surface area (Å²) in [4.78, 5) is 23.9. The molecule has 3 unspecified atom stereocenters. The van der Waals surface area contributed by atoms with E-state index in [9.17, 15) is 9.59 Å². The zero-order valence-electron chi connectivity index (χ0n) is 10.3. The summed E-state index contributed by atoms with van der Waals surface area (Å²) in [5, 5.41) is 8.54. The normalized spacial score (nSPS) is 25.6. The molecule has 0 saturated carbocycles. The van der Waals surface area contributed by atoms with Crippen LogP contribution < -0.4 is 5.73 Å². The van der Waals surface area contributed by atoms with Gasteiger partial charge in [0.1, 0.15) is 0 Å². The van der Waals surface area contributed by atoms with Crippen molar-refractivity contribution in [1.29, 1.82) is 0 Å². The Morgan fingerprint density at radius 2 is 2.24 bits per heavy atom. The van der Waals surface area contributed by atoms with Gasteiger partial charge in [0.15, 0.2) is 0 Å². The summed E-state index contributed by atoms with van der Waals surface area (Å²) in [7, 11) is 1.69. The Labute approximate surface area is 101 Å². The minimum Gasteiger partial charge on any atom is -0.481 e. The lowest BCUT2D eigenvalue weighted by molar-refractivity contribution is -0.138. The van der Waals surface area contributed by atoms with Crippen molar-refractivity contribution >= 4 is 11.9 Å². The van der Waals surface area contributed by atoms with Crippen LogP contribution in [0, 0.1) is 0 Å². The third-order valence-corrected chi connectivity index (χ3v) is 3.17. The highest BCUT2D eigenvalue weighted by Crippen LogP contribution is 2.19. The Morgan fingerprint density at radius 3 is 2.71 bits per heavy atom. The molecule has 1 rings (SSSR count). The van der Waals surface area contributed by atoms with E-state index in [1.807, 2.05) is 6.92 Å². The van der Waals surface area contributed by atoms with Gasteiger partial charge in [0.05, 0.1) is 18.2 Å². The van der Waals surface area contributed by atoms with Crippen LogP contribution in [0.3, 0.4) is 0 Å². The largest absolute Gasteiger partial charge is 0.481 e. The molecule has 6 heteroatoms. The fraction of sp³-hybridized carbons (Fsp3) is 0.818. The van der Waals surface area contributed by atoms with Crippen molar-refractivity contribution in [2.45, 2.75) is 44.4 Å². The van der Waals surface area contributed by atoms with Crippen LogP contribution in [0.4, 0.5) is 0 Å². The lowest BCUT2D eigenvalue weighted by atomic mass is 10.1. The number of hydrogen-bond donors (Lipinski definition) is 2. The second-order valence-electron chi connectivity index (χ2n) is 4.42. The number of carboxylic acids is 1. The molecule has 1 saturated heterocycles. The Bertz CT molecular complexity index is 295. The van der Waals surface area contributed by atoms with E-state index in [0.717, 1.165) is 6.42 Å². The quantitative estimate of drug-likeness (QED) is 0.699. The van der Waals surface area contributed by atoms with Crippen LogP contribution in [-0.4, -0.2) is 53.7 Å². The molecule has 6 nitrogen and oxygen atoms in total. The van der Waals surface area contributed by atoms with E-state index < -0.39 is 12.0 Å². The SMILES string of the molecule is CC1OCCC1N(C)C(=O)C(N)CCC(=O)O. The molecule has 0 aliphatic carbocycles. The van der Waals surface area contributed by atoms with Crippen LogP contribution in [0.5, 0.6) is 0 Å². The van der Waals surface area contributed by atoms with Crippen molar-refractivity contribution in [2.24, 2.45) is 5.73 Å². The average molecular weight is 244 g/mol. The summed E-state index contributed by atoms with van der Waals surface area (Å²) >= 11 is 0. The number of carboxylic acid groups (broad SMARTS) is 1. The standard InChI is InChI=1S/C11H20N2O4/c1-7-9(5-6-17-7)13(2)11(16)8(12)3-4-10(14)15/h7-9H,3-6,12H2,1-2H3,(H,14,15).